The summed E-state index contributed by atoms with van der Waals surface area (Å²) < 4.78 is 0. The molecule has 0 unspecified atom stereocenters. The number of aromatic nitrogens is 2. The van der Waals surface area contributed by atoms with Crippen LogP contribution < -0.4 is 0 Å². The van der Waals surface area contributed by atoms with Gasteiger partial charge in [-0.3, -0.25) is 4.79 Å². The molecule has 8 heteroatoms. The first-order chi connectivity index (χ1) is 13.5. The number of hydrogen-bond acceptors (Lipinski definition) is 4. The minimum absolute atomic E-state index is 0.250. The van der Waals surface area contributed by atoms with E-state index in [2.05, 4.69) is 21.4 Å². The lowest BCUT2D eigenvalue weighted by atomic mass is 9.86. The average Bonchev–Trinajstić information content (AvgIpc) is 3.25. The standard InChI is InChI=1S/C16H25N3S.C3H4O2.CH2O2/c20-16(10-13-4-2-1-3-5-13)19-8-6-14(7-9-19)15-11-17-12-18-15;1-2-3(4)5;2-1-3/h11-14H,1-10H2,(H,17,18);2H,1H2,(H,4,5);1H,(H,2,3). The SMILES string of the molecule is C=CC(=O)O.O=CO.S=C(CC1CCCCC1)N1CCC(c2cnc[nH]2)CC1. The number of aliphatic carboxylic acids is 1. The number of rotatable bonds is 4. The average molecular weight is 410 g/mol. The summed E-state index contributed by atoms with van der Waals surface area (Å²) in [5, 5.41) is 14.5. The van der Waals surface area contributed by atoms with E-state index in [1.54, 1.807) is 6.33 Å². The third kappa shape index (κ3) is 9.12. The maximum Gasteiger partial charge on any atom is 0.327 e. The zero-order chi connectivity index (χ0) is 20.8. The van der Waals surface area contributed by atoms with Gasteiger partial charge in [0.05, 0.1) is 11.3 Å². The molecular formula is C20H31N3O4S. The number of aromatic amines is 1. The monoisotopic (exact) mass is 409 g/mol. The van der Waals surface area contributed by atoms with Crippen LogP contribution >= 0.6 is 12.2 Å². The Morgan fingerprint density at radius 2 is 1.86 bits per heavy atom. The van der Waals surface area contributed by atoms with Crippen molar-refractivity contribution in [2.75, 3.05) is 13.1 Å². The Bertz CT molecular complexity index is 593. The van der Waals surface area contributed by atoms with Gasteiger partial charge in [-0.05, 0) is 18.8 Å². The second-order valence-corrected chi connectivity index (χ2v) is 7.49. The van der Waals surface area contributed by atoms with Crippen LogP contribution in [0.3, 0.4) is 0 Å². The Morgan fingerprint density at radius 3 is 2.32 bits per heavy atom. The van der Waals surface area contributed by atoms with Gasteiger partial charge in [-0.25, -0.2) is 9.78 Å². The number of H-pyrrole nitrogens is 1. The maximum absolute atomic E-state index is 9.25. The van der Waals surface area contributed by atoms with Crippen LogP contribution in [0.5, 0.6) is 0 Å². The van der Waals surface area contributed by atoms with Gasteiger partial charge in [0, 0.05) is 43.4 Å². The van der Waals surface area contributed by atoms with E-state index in [0.717, 1.165) is 31.5 Å². The zero-order valence-corrected chi connectivity index (χ0v) is 17.1. The normalized spacial score (nSPS) is 17.4. The Kier molecular flexibility index (Phi) is 11.8. The van der Waals surface area contributed by atoms with Crippen molar-refractivity contribution in [3.05, 3.63) is 30.9 Å². The predicted octanol–water partition coefficient (Wildman–Crippen LogP) is 3.84. The Morgan fingerprint density at radius 1 is 1.29 bits per heavy atom. The largest absolute Gasteiger partial charge is 0.483 e. The summed E-state index contributed by atoms with van der Waals surface area (Å²) in [5.41, 5.74) is 1.29. The second-order valence-electron chi connectivity index (χ2n) is 7.02. The maximum atomic E-state index is 9.25. The molecule has 2 fully saturated rings. The molecule has 3 rings (SSSR count). The number of carbonyl (C=O) groups is 2. The van der Waals surface area contributed by atoms with Gasteiger partial charge in [0.2, 0.25) is 0 Å². The lowest BCUT2D eigenvalue weighted by molar-refractivity contribution is -0.131. The van der Waals surface area contributed by atoms with E-state index >= 15 is 0 Å². The summed E-state index contributed by atoms with van der Waals surface area (Å²) in [6.07, 6.45) is 15.2. The fourth-order valence-corrected chi connectivity index (χ4v) is 4.12. The Balaban J connectivity index is 0.000000421. The first kappa shape index (κ1) is 23.8. The number of nitrogens with one attached hydrogen (secondary N) is 1. The fourth-order valence-electron chi connectivity index (χ4n) is 3.70. The fraction of sp³-hybridized carbons (Fsp3) is 0.600. The van der Waals surface area contributed by atoms with Crippen molar-refractivity contribution >= 4 is 29.6 Å². The van der Waals surface area contributed by atoms with Crippen molar-refractivity contribution < 1.29 is 19.8 Å². The third-order valence-corrected chi connectivity index (χ3v) is 5.59. The molecule has 156 valence electrons. The van der Waals surface area contributed by atoms with Crippen LogP contribution in [0.25, 0.3) is 0 Å². The lowest BCUT2D eigenvalue weighted by Gasteiger charge is -2.35. The van der Waals surface area contributed by atoms with E-state index in [-0.39, 0.29) is 6.47 Å². The minimum Gasteiger partial charge on any atom is -0.483 e. The molecule has 1 aliphatic carbocycles. The smallest absolute Gasteiger partial charge is 0.327 e. The van der Waals surface area contributed by atoms with Gasteiger partial charge in [0.1, 0.15) is 0 Å². The van der Waals surface area contributed by atoms with E-state index in [4.69, 9.17) is 27.2 Å². The quantitative estimate of drug-likeness (QED) is 0.394. The van der Waals surface area contributed by atoms with Gasteiger partial charge in [-0.2, -0.15) is 0 Å². The predicted molar refractivity (Wildman–Crippen MR) is 112 cm³/mol. The molecule has 0 spiro atoms. The Labute approximate surface area is 171 Å². The van der Waals surface area contributed by atoms with Gasteiger partial charge in [0.25, 0.3) is 6.47 Å². The van der Waals surface area contributed by atoms with Crippen LogP contribution in [0.2, 0.25) is 0 Å². The van der Waals surface area contributed by atoms with Gasteiger partial charge >= 0.3 is 5.97 Å². The van der Waals surface area contributed by atoms with E-state index in [1.807, 2.05) is 6.20 Å². The summed E-state index contributed by atoms with van der Waals surface area (Å²) >= 11 is 5.70. The highest BCUT2D eigenvalue weighted by molar-refractivity contribution is 7.80. The van der Waals surface area contributed by atoms with Crippen LogP contribution in [0.15, 0.2) is 25.2 Å². The van der Waals surface area contributed by atoms with Crippen LogP contribution in [-0.4, -0.2) is 55.6 Å². The number of piperidine rings is 1. The van der Waals surface area contributed by atoms with E-state index in [1.165, 1.54) is 55.6 Å². The second kappa shape index (κ2) is 13.9. The van der Waals surface area contributed by atoms with Crippen molar-refractivity contribution in [1.29, 1.82) is 0 Å². The van der Waals surface area contributed by atoms with E-state index in [0.29, 0.717) is 5.92 Å². The molecule has 0 bridgehead atoms. The number of imidazole rings is 1. The number of carboxylic acids is 1. The molecule has 2 heterocycles. The number of likely N-dealkylation sites (tertiary alicyclic amines) is 1. The van der Waals surface area contributed by atoms with Crippen molar-refractivity contribution in [3.8, 4) is 0 Å². The number of carboxylic acid groups (broad SMARTS) is 2. The number of thiocarbonyl (C=S) groups is 1. The molecule has 1 aromatic rings. The molecule has 7 nitrogen and oxygen atoms in total. The Hall–Kier alpha value is -2.22. The molecule has 0 aromatic carbocycles. The van der Waals surface area contributed by atoms with Crippen LogP contribution in [0.1, 0.15) is 63.0 Å². The molecule has 1 aromatic heterocycles. The minimum atomic E-state index is -0.981. The first-order valence-corrected chi connectivity index (χ1v) is 10.1. The van der Waals surface area contributed by atoms with Crippen molar-refractivity contribution in [1.82, 2.24) is 14.9 Å². The summed E-state index contributed by atoms with van der Waals surface area (Å²) in [6, 6.07) is 0. The summed E-state index contributed by atoms with van der Waals surface area (Å²) in [6.45, 7) is 4.95. The first-order valence-electron chi connectivity index (χ1n) is 9.71. The van der Waals surface area contributed by atoms with Gasteiger partial charge in [0.15, 0.2) is 0 Å². The molecule has 28 heavy (non-hydrogen) atoms. The topological polar surface area (TPSA) is 107 Å². The molecule has 3 N–H and O–H groups in total. The number of nitrogens with zero attached hydrogens (tertiary/aromatic N) is 2. The van der Waals surface area contributed by atoms with Crippen LogP contribution in [0.4, 0.5) is 0 Å². The van der Waals surface area contributed by atoms with Crippen molar-refractivity contribution in [3.63, 3.8) is 0 Å². The van der Waals surface area contributed by atoms with E-state index in [9.17, 15) is 4.79 Å². The van der Waals surface area contributed by atoms with Gasteiger partial charge in [-0.1, -0.05) is 50.9 Å². The van der Waals surface area contributed by atoms with Crippen LogP contribution in [0, 0.1) is 5.92 Å². The molecule has 0 amide bonds. The highest BCUT2D eigenvalue weighted by Crippen LogP contribution is 2.30. The molecule has 1 saturated carbocycles. The third-order valence-electron chi connectivity index (χ3n) is 5.17. The highest BCUT2D eigenvalue weighted by Gasteiger charge is 2.24. The lowest BCUT2D eigenvalue weighted by Crippen LogP contribution is -2.38. The number of hydrogen-bond donors (Lipinski definition) is 3. The van der Waals surface area contributed by atoms with Crippen LogP contribution in [-0.2, 0) is 9.59 Å². The zero-order valence-electron chi connectivity index (χ0n) is 16.3. The highest BCUT2D eigenvalue weighted by atomic mass is 32.1. The molecule has 0 atom stereocenters. The molecule has 1 aliphatic heterocycles. The van der Waals surface area contributed by atoms with Gasteiger partial charge < -0.3 is 20.1 Å². The summed E-state index contributed by atoms with van der Waals surface area (Å²) in [5.74, 6) is 0.526. The summed E-state index contributed by atoms with van der Waals surface area (Å²) in [4.78, 5) is 28.7. The van der Waals surface area contributed by atoms with E-state index < -0.39 is 5.97 Å². The van der Waals surface area contributed by atoms with Gasteiger partial charge in [-0.15, -0.1) is 0 Å². The molecular weight excluding hydrogens is 378 g/mol. The molecule has 0 radical (unpaired) electrons. The van der Waals surface area contributed by atoms with Crippen molar-refractivity contribution in [2.45, 2.75) is 57.3 Å². The molecule has 2 aliphatic rings. The summed E-state index contributed by atoms with van der Waals surface area (Å²) in [7, 11) is 0. The molecule has 1 saturated heterocycles. The van der Waals surface area contributed by atoms with Crippen molar-refractivity contribution in [2.24, 2.45) is 5.92 Å².